The Kier molecular flexibility index (Phi) is 6.80. The summed E-state index contributed by atoms with van der Waals surface area (Å²) in [6, 6.07) is 7.27. The van der Waals surface area contributed by atoms with Crippen LogP contribution in [-0.2, 0) is 14.8 Å². The fourth-order valence-electron chi connectivity index (χ4n) is 1.84. The van der Waals surface area contributed by atoms with Crippen molar-refractivity contribution in [1.82, 2.24) is 4.72 Å². The van der Waals surface area contributed by atoms with Crippen LogP contribution in [0.15, 0.2) is 24.3 Å². The lowest BCUT2D eigenvalue weighted by molar-refractivity contribution is 0.0636. The maximum absolute atomic E-state index is 11.8. The number of benzene rings is 1. The Labute approximate surface area is 145 Å². The molecular formula is C17H28N2O4S. The normalized spacial score (nSPS) is 13.6. The second kappa shape index (κ2) is 7.98. The fourth-order valence-corrected chi connectivity index (χ4v) is 2.66. The van der Waals surface area contributed by atoms with Crippen LogP contribution in [0.25, 0.3) is 0 Å². The van der Waals surface area contributed by atoms with Gasteiger partial charge in [-0.3, -0.25) is 5.32 Å². The van der Waals surface area contributed by atoms with Gasteiger partial charge in [-0.25, -0.2) is 17.9 Å². The molecule has 0 aliphatic rings. The minimum absolute atomic E-state index is 0.0223. The maximum Gasteiger partial charge on any atom is 0.412 e. The van der Waals surface area contributed by atoms with Gasteiger partial charge in [0.05, 0.1) is 5.25 Å². The van der Waals surface area contributed by atoms with E-state index in [0.717, 1.165) is 5.56 Å². The zero-order chi connectivity index (χ0) is 18.5. The van der Waals surface area contributed by atoms with Crippen LogP contribution < -0.4 is 10.0 Å². The van der Waals surface area contributed by atoms with Gasteiger partial charge in [-0.2, -0.15) is 0 Å². The summed E-state index contributed by atoms with van der Waals surface area (Å²) in [7, 11) is -3.27. The first-order valence-corrected chi connectivity index (χ1v) is 9.54. The molecule has 0 saturated carbocycles. The van der Waals surface area contributed by atoms with E-state index in [1.54, 1.807) is 46.8 Å². The van der Waals surface area contributed by atoms with Crippen LogP contribution >= 0.6 is 0 Å². The van der Waals surface area contributed by atoms with E-state index < -0.39 is 27.0 Å². The number of carbonyl (C=O) groups excluding carboxylic acids is 1. The smallest absolute Gasteiger partial charge is 0.412 e. The summed E-state index contributed by atoms with van der Waals surface area (Å²) in [5, 5.41) is 2.21. The largest absolute Gasteiger partial charge is 0.444 e. The van der Waals surface area contributed by atoms with Crippen LogP contribution in [0.1, 0.15) is 53.0 Å². The van der Waals surface area contributed by atoms with Crippen molar-refractivity contribution in [1.29, 1.82) is 0 Å². The molecule has 0 aromatic heterocycles. The number of hydrogen-bond acceptors (Lipinski definition) is 4. The lowest BCUT2D eigenvalue weighted by atomic mass is 10.0. The zero-order valence-corrected chi connectivity index (χ0v) is 16.0. The molecule has 7 heteroatoms. The number of amides is 1. The Morgan fingerprint density at radius 3 is 2.12 bits per heavy atom. The Hall–Kier alpha value is -1.60. The second-order valence-corrected chi connectivity index (χ2v) is 9.41. The predicted molar refractivity (Wildman–Crippen MR) is 96.8 cm³/mol. The van der Waals surface area contributed by atoms with E-state index in [1.165, 1.54) is 0 Å². The number of carbonyl (C=O) groups is 1. The van der Waals surface area contributed by atoms with Crippen LogP contribution in [0.2, 0.25) is 0 Å². The van der Waals surface area contributed by atoms with Gasteiger partial charge >= 0.3 is 6.09 Å². The van der Waals surface area contributed by atoms with E-state index in [9.17, 15) is 13.2 Å². The Balaban J connectivity index is 2.62. The van der Waals surface area contributed by atoms with E-state index in [-0.39, 0.29) is 5.92 Å². The van der Waals surface area contributed by atoms with E-state index in [1.807, 2.05) is 19.1 Å². The summed E-state index contributed by atoms with van der Waals surface area (Å²) in [6.07, 6.45) is -0.506. The number of nitrogens with one attached hydrogen (secondary N) is 2. The van der Waals surface area contributed by atoms with Crippen molar-refractivity contribution in [2.45, 2.75) is 58.3 Å². The third-order valence-electron chi connectivity index (χ3n) is 3.34. The Morgan fingerprint density at radius 2 is 1.67 bits per heavy atom. The standard InChI is InChI=1S/C17H28N2O4S/c1-12(2)24(21,22)18-11-13(3)14-7-9-15(10-8-14)19-16(20)23-17(4,5)6/h7-10,12-13,18H,11H2,1-6H3,(H,19,20). The quantitative estimate of drug-likeness (QED) is 0.817. The second-order valence-electron chi connectivity index (χ2n) is 7.09. The lowest BCUT2D eigenvalue weighted by Crippen LogP contribution is -2.33. The summed E-state index contributed by atoms with van der Waals surface area (Å²) in [6.45, 7) is 11.0. The van der Waals surface area contributed by atoms with Gasteiger partial charge in [-0.05, 0) is 58.2 Å². The van der Waals surface area contributed by atoms with Crippen LogP contribution in [0.5, 0.6) is 0 Å². The Morgan fingerprint density at radius 1 is 1.12 bits per heavy atom. The van der Waals surface area contributed by atoms with Crippen molar-refractivity contribution in [3.05, 3.63) is 29.8 Å². The van der Waals surface area contributed by atoms with Crippen LogP contribution in [0.3, 0.4) is 0 Å². The number of sulfonamides is 1. The van der Waals surface area contributed by atoms with Crippen molar-refractivity contribution in [2.75, 3.05) is 11.9 Å². The minimum atomic E-state index is -3.27. The van der Waals surface area contributed by atoms with E-state index in [0.29, 0.717) is 12.2 Å². The molecule has 0 radical (unpaired) electrons. The predicted octanol–water partition coefficient (Wildman–Crippen LogP) is 3.46. The summed E-state index contributed by atoms with van der Waals surface area (Å²) >= 11 is 0. The summed E-state index contributed by atoms with van der Waals surface area (Å²) in [4.78, 5) is 11.7. The first-order chi connectivity index (χ1) is 10.9. The van der Waals surface area contributed by atoms with Crippen molar-refractivity contribution in [3.8, 4) is 0 Å². The minimum Gasteiger partial charge on any atom is -0.444 e. The number of rotatable bonds is 6. The van der Waals surface area contributed by atoms with Gasteiger partial charge < -0.3 is 4.74 Å². The van der Waals surface area contributed by atoms with Gasteiger partial charge in [0.15, 0.2) is 0 Å². The number of ether oxygens (including phenoxy) is 1. The molecule has 2 N–H and O–H groups in total. The average molecular weight is 356 g/mol. The highest BCUT2D eigenvalue weighted by Crippen LogP contribution is 2.18. The molecule has 0 spiro atoms. The third kappa shape index (κ3) is 6.88. The molecule has 1 aromatic rings. The molecule has 0 aliphatic carbocycles. The molecular weight excluding hydrogens is 328 g/mol. The van der Waals surface area contributed by atoms with E-state index >= 15 is 0 Å². The molecule has 24 heavy (non-hydrogen) atoms. The Bertz CT molecular complexity index is 646. The molecule has 136 valence electrons. The third-order valence-corrected chi connectivity index (χ3v) is 5.15. The highest BCUT2D eigenvalue weighted by atomic mass is 32.2. The lowest BCUT2D eigenvalue weighted by Gasteiger charge is -2.20. The molecule has 0 fully saturated rings. The highest BCUT2D eigenvalue weighted by Gasteiger charge is 2.18. The molecule has 0 bridgehead atoms. The van der Waals surface area contributed by atoms with Crippen molar-refractivity contribution in [3.63, 3.8) is 0 Å². The molecule has 0 heterocycles. The van der Waals surface area contributed by atoms with E-state index in [2.05, 4.69) is 10.0 Å². The molecule has 6 nitrogen and oxygen atoms in total. The van der Waals surface area contributed by atoms with Gasteiger partial charge in [0.25, 0.3) is 0 Å². The molecule has 0 aliphatic heterocycles. The molecule has 1 unspecified atom stereocenters. The molecule has 1 aromatic carbocycles. The van der Waals surface area contributed by atoms with E-state index in [4.69, 9.17) is 4.74 Å². The van der Waals surface area contributed by atoms with Gasteiger partial charge in [-0.1, -0.05) is 19.1 Å². The van der Waals surface area contributed by atoms with Crippen molar-refractivity contribution >= 4 is 21.8 Å². The molecule has 0 saturated heterocycles. The molecule has 1 rings (SSSR count). The van der Waals surface area contributed by atoms with Crippen LogP contribution in [0.4, 0.5) is 10.5 Å². The SMILES string of the molecule is CC(CNS(=O)(=O)C(C)C)c1ccc(NC(=O)OC(C)(C)C)cc1. The first-order valence-electron chi connectivity index (χ1n) is 7.99. The topological polar surface area (TPSA) is 84.5 Å². The summed E-state index contributed by atoms with van der Waals surface area (Å²) in [5.41, 5.74) is 1.06. The van der Waals surface area contributed by atoms with Gasteiger partial charge in [-0.15, -0.1) is 0 Å². The number of anilines is 1. The van der Waals surface area contributed by atoms with Gasteiger partial charge in [0, 0.05) is 12.2 Å². The fraction of sp³-hybridized carbons (Fsp3) is 0.588. The summed E-state index contributed by atoms with van der Waals surface area (Å²) in [5.74, 6) is 0.0223. The molecule has 1 atom stereocenters. The average Bonchev–Trinajstić information content (AvgIpc) is 2.43. The zero-order valence-electron chi connectivity index (χ0n) is 15.2. The summed E-state index contributed by atoms with van der Waals surface area (Å²) < 4.78 is 31.4. The monoisotopic (exact) mass is 356 g/mol. The highest BCUT2D eigenvalue weighted by molar-refractivity contribution is 7.90. The number of hydrogen-bond donors (Lipinski definition) is 2. The van der Waals surface area contributed by atoms with Crippen molar-refractivity contribution in [2.24, 2.45) is 0 Å². The van der Waals surface area contributed by atoms with Crippen LogP contribution in [0, 0.1) is 0 Å². The van der Waals surface area contributed by atoms with Gasteiger partial charge in [0.1, 0.15) is 5.60 Å². The molecule has 1 amide bonds. The first kappa shape index (κ1) is 20.4. The van der Waals surface area contributed by atoms with Crippen LogP contribution in [-0.4, -0.2) is 31.9 Å². The van der Waals surface area contributed by atoms with Crippen molar-refractivity contribution < 1.29 is 17.9 Å². The van der Waals surface area contributed by atoms with Gasteiger partial charge in [0.2, 0.25) is 10.0 Å². The maximum atomic E-state index is 11.8.